The number of nitrogens with one attached hydrogen (secondary N) is 1. The lowest BCUT2D eigenvalue weighted by molar-refractivity contribution is 0.0950. The van der Waals surface area contributed by atoms with Gasteiger partial charge < -0.3 is 10.4 Å². The van der Waals surface area contributed by atoms with E-state index in [1.54, 1.807) is 19.1 Å². The van der Waals surface area contributed by atoms with Crippen LogP contribution in [-0.2, 0) is 12.4 Å². The summed E-state index contributed by atoms with van der Waals surface area (Å²) in [6, 6.07) is 12.6. The Kier molecular flexibility index (Phi) is 4.64. The minimum Gasteiger partial charge on any atom is -0.508 e. The van der Waals surface area contributed by atoms with Gasteiger partial charge in [0.05, 0.1) is 0 Å². The van der Waals surface area contributed by atoms with Crippen molar-refractivity contribution in [3.8, 4) is 5.75 Å². The van der Waals surface area contributed by atoms with Crippen molar-refractivity contribution >= 4 is 17.5 Å². The van der Waals surface area contributed by atoms with Crippen molar-refractivity contribution in [2.75, 3.05) is 0 Å². The van der Waals surface area contributed by atoms with E-state index in [0.29, 0.717) is 18.0 Å². The first-order chi connectivity index (χ1) is 9.60. The summed E-state index contributed by atoms with van der Waals surface area (Å²) in [4.78, 5) is 12.0. The Hall–Kier alpha value is -2.00. The van der Waals surface area contributed by atoms with E-state index < -0.39 is 0 Å². The maximum Gasteiger partial charge on any atom is 0.251 e. The molecule has 0 heterocycles. The first kappa shape index (κ1) is 14.4. The van der Waals surface area contributed by atoms with Crippen LogP contribution in [0.4, 0.5) is 0 Å². The second-order valence-electron chi connectivity index (χ2n) is 4.64. The Balaban J connectivity index is 2.02. The first-order valence-corrected chi connectivity index (χ1v) is 6.85. The van der Waals surface area contributed by atoms with Crippen LogP contribution in [0.15, 0.2) is 42.5 Å². The third-order valence-corrected chi connectivity index (χ3v) is 3.38. The van der Waals surface area contributed by atoms with E-state index in [2.05, 4.69) is 5.32 Å². The number of halogens is 1. The zero-order chi connectivity index (χ0) is 14.5. The summed E-state index contributed by atoms with van der Waals surface area (Å²) in [5.74, 6) is 0.367. The number of benzene rings is 2. The number of aromatic hydroxyl groups is 1. The SMILES string of the molecule is Cc1ccc(C(=O)NCc2cccc(CCl)c2)cc1O. The Morgan fingerprint density at radius 2 is 1.95 bits per heavy atom. The highest BCUT2D eigenvalue weighted by molar-refractivity contribution is 6.17. The first-order valence-electron chi connectivity index (χ1n) is 6.32. The minimum absolute atomic E-state index is 0.127. The summed E-state index contributed by atoms with van der Waals surface area (Å²) in [7, 11) is 0. The van der Waals surface area contributed by atoms with Crippen molar-refractivity contribution in [2.45, 2.75) is 19.3 Å². The fourth-order valence-electron chi connectivity index (χ4n) is 1.86. The van der Waals surface area contributed by atoms with E-state index in [1.807, 2.05) is 24.3 Å². The van der Waals surface area contributed by atoms with Gasteiger partial charge in [0, 0.05) is 18.0 Å². The van der Waals surface area contributed by atoms with Gasteiger partial charge in [-0.1, -0.05) is 30.3 Å². The molecule has 0 spiro atoms. The zero-order valence-electron chi connectivity index (χ0n) is 11.2. The molecule has 20 heavy (non-hydrogen) atoms. The molecule has 0 unspecified atom stereocenters. The molecule has 104 valence electrons. The molecule has 3 nitrogen and oxygen atoms in total. The number of rotatable bonds is 4. The number of aryl methyl sites for hydroxylation is 1. The third kappa shape index (κ3) is 3.52. The van der Waals surface area contributed by atoms with Crippen molar-refractivity contribution in [1.29, 1.82) is 0 Å². The van der Waals surface area contributed by atoms with Gasteiger partial charge in [0.15, 0.2) is 0 Å². The number of amides is 1. The average molecular weight is 290 g/mol. The summed E-state index contributed by atoms with van der Waals surface area (Å²) in [6.07, 6.45) is 0. The van der Waals surface area contributed by atoms with Gasteiger partial charge in [-0.2, -0.15) is 0 Å². The van der Waals surface area contributed by atoms with Gasteiger partial charge in [-0.3, -0.25) is 4.79 Å². The molecule has 0 atom stereocenters. The lowest BCUT2D eigenvalue weighted by Crippen LogP contribution is -2.22. The molecule has 0 radical (unpaired) electrons. The predicted octanol–water partition coefficient (Wildman–Crippen LogP) is 3.37. The molecule has 0 aliphatic rings. The van der Waals surface area contributed by atoms with Crippen molar-refractivity contribution in [3.63, 3.8) is 0 Å². The molecule has 0 aliphatic carbocycles. The predicted molar refractivity (Wildman–Crippen MR) is 80.0 cm³/mol. The largest absolute Gasteiger partial charge is 0.508 e. The van der Waals surface area contributed by atoms with Crippen LogP contribution in [0.5, 0.6) is 5.75 Å². The summed E-state index contributed by atoms with van der Waals surface area (Å²) >= 11 is 5.77. The van der Waals surface area contributed by atoms with E-state index in [-0.39, 0.29) is 11.7 Å². The lowest BCUT2D eigenvalue weighted by atomic mass is 10.1. The molecule has 0 aromatic heterocycles. The number of carbonyl (C=O) groups is 1. The van der Waals surface area contributed by atoms with E-state index in [0.717, 1.165) is 16.7 Å². The monoisotopic (exact) mass is 289 g/mol. The molecule has 0 fully saturated rings. The second-order valence-corrected chi connectivity index (χ2v) is 4.90. The molecular weight excluding hydrogens is 274 g/mol. The molecule has 1 amide bonds. The maximum atomic E-state index is 12.0. The van der Waals surface area contributed by atoms with E-state index in [4.69, 9.17) is 11.6 Å². The van der Waals surface area contributed by atoms with E-state index in [9.17, 15) is 9.90 Å². The summed E-state index contributed by atoms with van der Waals surface area (Å²) < 4.78 is 0. The van der Waals surface area contributed by atoms with Crippen LogP contribution >= 0.6 is 11.6 Å². The van der Waals surface area contributed by atoms with Gasteiger partial charge in [0.2, 0.25) is 0 Å². The van der Waals surface area contributed by atoms with E-state index >= 15 is 0 Å². The molecule has 2 N–H and O–H groups in total. The number of alkyl halides is 1. The molecule has 0 aliphatic heterocycles. The minimum atomic E-state index is -0.212. The normalized spacial score (nSPS) is 10.3. The third-order valence-electron chi connectivity index (χ3n) is 3.07. The van der Waals surface area contributed by atoms with Crippen LogP contribution in [0.2, 0.25) is 0 Å². The molecule has 2 aromatic rings. The van der Waals surface area contributed by atoms with Crippen LogP contribution in [0.25, 0.3) is 0 Å². The van der Waals surface area contributed by atoms with Crippen molar-refractivity contribution in [1.82, 2.24) is 5.32 Å². The maximum absolute atomic E-state index is 12.0. The van der Waals surface area contributed by atoms with Crippen molar-refractivity contribution < 1.29 is 9.90 Å². The average Bonchev–Trinajstić information content (AvgIpc) is 2.47. The standard InChI is InChI=1S/C16H16ClNO2/c1-11-5-6-14(8-15(11)19)16(20)18-10-13-4-2-3-12(7-13)9-17/h2-8,19H,9-10H2,1H3,(H,18,20). The Morgan fingerprint density at radius 3 is 2.65 bits per heavy atom. The Morgan fingerprint density at radius 1 is 1.20 bits per heavy atom. The van der Waals surface area contributed by atoms with Gasteiger partial charge in [-0.25, -0.2) is 0 Å². The van der Waals surface area contributed by atoms with Crippen LogP contribution in [0.3, 0.4) is 0 Å². The Labute approximate surface area is 123 Å². The van der Waals surface area contributed by atoms with Crippen molar-refractivity contribution in [2.24, 2.45) is 0 Å². The fraction of sp³-hybridized carbons (Fsp3) is 0.188. The fourth-order valence-corrected chi connectivity index (χ4v) is 2.02. The molecule has 4 heteroatoms. The highest BCUT2D eigenvalue weighted by atomic mass is 35.5. The lowest BCUT2D eigenvalue weighted by Gasteiger charge is -2.07. The van der Waals surface area contributed by atoms with E-state index in [1.165, 1.54) is 6.07 Å². The van der Waals surface area contributed by atoms with Crippen LogP contribution in [-0.4, -0.2) is 11.0 Å². The molecule has 2 aromatic carbocycles. The van der Waals surface area contributed by atoms with Crippen LogP contribution in [0, 0.1) is 6.92 Å². The molecule has 0 saturated carbocycles. The molecular formula is C16H16ClNO2. The number of phenolic OH excluding ortho intramolecular Hbond substituents is 1. The van der Waals surface area contributed by atoms with Gasteiger partial charge in [0.25, 0.3) is 5.91 Å². The van der Waals surface area contributed by atoms with Crippen LogP contribution in [0.1, 0.15) is 27.0 Å². The van der Waals surface area contributed by atoms with Gasteiger partial charge in [-0.05, 0) is 35.7 Å². The van der Waals surface area contributed by atoms with Crippen LogP contribution < -0.4 is 5.32 Å². The van der Waals surface area contributed by atoms with Crippen molar-refractivity contribution in [3.05, 3.63) is 64.7 Å². The molecule has 0 bridgehead atoms. The topological polar surface area (TPSA) is 49.3 Å². The highest BCUT2D eigenvalue weighted by Gasteiger charge is 2.07. The smallest absolute Gasteiger partial charge is 0.251 e. The molecule has 0 saturated heterocycles. The number of hydrogen-bond donors (Lipinski definition) is 2. The van der Waals surface area contributed by atoms with Gasteiger partial charge in [-0.15, -0.1) is 11.6 Å². The Bertz CT molecular complexity index is 626. The summed E-state index contributed by atoms with van der Waals surface area (Å²) in [5.41, 5.74) is 3.21. The van der Waals surface area contributed by atoms with Gasteiger partial charge >= 0.3 is 0 Å². The second kappa shape index (κ2) is 6.44. The van der Waals surface area contributed by atoms with Gasteiger partial charge in [0.1, 0.15) is 5.75 Å². The quantitative estimate of drug-likeness (QED) is 0.848. The summed E-state index contributed by atoms with van der Waals surface area (Å²) in [5, 5.41) is 12.4. The zero-order valence-corrected chi connectivity index (χ0v) is 11.9. The highest BCUT2D eigenvalue weighted by Crippen LogP contribution is 2.17. The number of carbonyl (C=O) groups excluding carboxylic acids is 1. The number of phenols is 1. The summed E-state index contributed by atoms with van der Waals surface area (Å²) in [6.45, 7) is 2.22. The molecule has 2 rings (SSSR count). The number of hydrogen-bond acceptors (Lipinski definition) is 2.